The molecule has 0 spiro atoms. The van der Waals surface area contributed by atoms with Crippen molar-refractivity contribution in [2.75, 3.05) is 0 Å². The number of fused-ring (bicyclic) bond motifs is 5. The number of ketones is 2. The zero-order valence-electron chi connectivity index (χ0n) is 21.6. The van der Waals surface area contributed by atoms with Gasteiger partial charge in [0.25, 0.3) is 0 Å². The molecule has 2 N–H and O–H groups in total. The smallest absolute Gasteiger partial charge is 0.159 e. The first-order chi connectivity index (χ1) is 15.5. The molecule has 0 aromatic carbocycles. The van der Waals surface area contributed by atoms with Gasteiger partial charge in [0.2, 0.25) is 0 Å². The molecule has 4 nitrogen and oxygen atoms in total. The molecule has 0 aliphatic heterocycles. The van der Waals surface area contributed by atoms with Crippen molar-refractivity contribution in [1.29, 1.82) is 0 Å². The quantitative estimate of drug-likeness (QED) is 0.562. The summed E-state index contributed by atoms with van der Waals surface area (Å²) in [5, 5.41) is 22.3. The van der Waals surface area contributed by atoms with Crippen LogP contribution in [-0.2, 0) is 9.59 Å². The van der Waals surface area contributed by atoms with Crippen LogP contribution in [0, 0.1) is 52.3 Å². The lowest BCUT2D eigenvalue weighted by molar-refractivity contribution is -0.138. The van der Waals surface area contributed by atoms with E-state index < -0.39 is 12.2 Å². The van der Waals surface area contributed by atoms with E-state index in [9.17, 15) is 19.8 Å². The normalized spacial score (nSPS) is 42.2. The molecule has 4 aliphatic carbocycles. The van der Waals surface area contributed by atoms with Crippen LogP contribution in [0.2, 0.25) is 0 Å². The molecule has 0 radical (unpaired) electrons. The van der Waals surface area contributed by atoms with Crippen LogP contribution in [-0.4, -0.2) is 34.0 Å². The summed E-state index contributed by atoms with van der Waals surface area (Å²) in [5.41, 5.74) is 1.09. The minimum absolute atomic E-state index is 0.00651. The minimum atomic E-state index is -0.730. The Morgan fingerprint density at radius 1 is 1.00 bits per heavy atom. The molecule has 33 heavy (non-hydrogen) atoms. The van der Waals surface area contributed by atoms with E-state index in [-0.39, 0.29) is 40.2 Å². The first-order valence-corrected chi connectivity index (χ1v) is 13.6. The monoisotopic (exact) mass is 458 g/mol. The summed E-state index contributed by atoms with van der Waals surface area (Å²) in [6, 6.07) is 0. The maximum atomic E-state index is 13.5. The molecule has 0 saturated heterocycles. The molecule has 0 heterocycles. The van der Waals surface area contributed by atoms with Crippen molar-refractivity contribution in [3.8, 4) is 0 Å². The van der Waals surface area contributed by atoms with Gasteiger partial charge in [-0.3, -0.25) is 9.59 Å². The van der Waals surface area contributed by atoms with Crippen molar-refractivity contribution in [2.45, 2.75) is 105 Å². The predicted octanol–water partition coefficient (Wildman–Crippen LogP) is 5.35. The van der Waals surface area contributed by atoms with E-state index in [2.05, 4.69) is 41.5 Å². The summed E-state index contributed by atoms with van der Waals surface area (Å²) < 4.78 is 0. The van der Waals surface area contributed by atoms with Gasteiger partial charge >= 0.3 is 0 Å². The van der Waals surface area contributed by atoms with E-state index in [0.29, 0.717) is 36.5 Å². The molecule has 186 valence electrons. The molecule has 0 aromatic heterocycles. The Morgan fingerprint density at radius 2 is 1.70 bits per heavy atom. The molecule has 3 saturated carbocycles. The van der Waals surface area contributed by atoms with Gasteiger partial charge in [0, 0.05) is 18.8 Å². The summed E-state index contributed by atoms with van der Waals surface area (Å²) >= 11 is 0. The fraction of sp³-hybridized carbons (Fsp3) is 0.862. The lowest BCUT2D eigenvalue weighted by Gasteiger charge is -2.57. The second-order valence-corrected chi connectivity index (χ2v) is 12.8. The molecule has 4 aliphatic rings. The number of carbonyl (C=O) groups is 2. The van der Waals surface area contributed by atoms with Gasteiger partial charge in [-0.05, 0) is 84.5 Å². The third-order valence-corrected chi connectivity index (χ3v) is 11.1. The summed E-state index contributed by atoms with van der Waals surface area (Å²) in [4.78, 5) is 25.6. The Hall–Kier alpha value is -1.00. The highest BCUT2D eigenvalue weighted by Gasteiger charge is 2.62. The zero-order valence-corrected chi connectivity index (χ0v) is 21.6. The van der Waals surface area contributed by atoms with E-state index in [1.165, 1.54) is 0 Å². The fourth-order valence-corrected chi connectivity index (χ4v) is 9.03. The number of aliphatic hydroxyl groups is 2. The minimum Gasteiger partial charge on any atom is -0.390 e. The zero-order chi connectivity index (χ0) is 24.3. The van der Waals surface area contributed by atoms with E-state index in [4.69, 9.17) is 0 Å². The van der Waals surface area contributed by atoms with Gasteiger partial charge in [0.15, 0.2) is 5.78 Å². The summed E-state index contributed by atoms with van der Waals surface area (Å²) in [6.07, 6.45) is 7.42. The Bertz CT molecular complexity index is 814. The maximum Gasteiger partial charge on any atom is 0.159 e. The highest BCUT2D eigenvalue weighted by atomic mass is 16.3. The Morgan fingerprint density at radius 3 is 2.33 bits per heavy atom. The second kappa shape index (κ2) is 8.90. The van der Waals surface area contributed by atoms with Crippen LogP contribution in [0.15, 0.2) is 11.6 Å². The van der Waals surface area contributed by atoms with E-state index >= 15 is 0 Å². The Labute approximate surface area is 200 Å². The summed E-state index contributed by atoms with van der Waals surface area (Å²) in [6.45, 7) is 13.1. The van der Waals surface area contributed by atoms with Crippen molar-refractivity contribution < 1.29 is 19.8 Å². The number of Topliss-reactive ketones (excluding diaryl/α,β-unsaturated/α-hetero) is 1. The molecule has 10 atom stereocenters. The predicted molar refractivity (Wildman–Crippen MR) is 130 cm³/mol. The average molecular weight is 459 g/mol. The first kappa shape index (κ1) is 25.1. The molecular weight excluding hydrogens is 412 g/mol. The fourth-order valence-electron chi connectivity index (χ4n) is 9.03. The Kier molecular flexibility index (Phi) is 6.77. The number of hydrogen-bond donors (Lipinski definition) is 2. The van der Waals surface area contributed by atoms with Gasteiger partial charge in [-0.25, -0.2) is 0 Å². The molecule has 4 rings (SSSR count). The molecule has 4 heteroatoms. The van der Waals surface area contributed by atoms with Crippen molar-refractivity contribution in [1.82, 2.24) is 0 Å². The average Bonchev–Trinajstić information content (AvgIpc) is 3.11. The number of hydrogen-bond acceptors (Lipinski definition) is 4. The largest absolute Gasteiger partial charge is 0.390 e. The third-order valence-electron chi connectivity index (χ3n) is 11.1. The maximum absolute atomic E-state index is 13.5. The number of rotatable bonds is 6. The van der Waals surface area contributed by atoms with Crippen molar-refractivity contribution in [2.24, 2.45) is 52.3 Å². The van der Waals surface area contributed by atoms with Crippen LogP contribution in [0.25, 0.3) is 0 Å². The first-order valence-electron chi connectivity index (χ1n) is 13.6. The molecule has 2 unspecified atom stereocenters. The van der Waals surface area contributed by atoms with Gasteiger partial charge < -0.3 is 10.2 Å². The van der Waals surface area contributed by atoms with E-state index in [1.807, 2.05) is 6.08 Å². The van der Waals surface area contributed by atoms with Crippen LogP contribution < -0.4 is 0 Å². The number of carbonyl (C=O) groups excluding carboxylic acids is 2. The molecule has 0 aromatic rings. The lowest BCUT2D eigenvalue weighted by atomic mass is 9.46. The van der Waals surface area contributed by atoms with E-state index in [1.54, 1.807) is 0 Å². The van der Waals surface area contributed by atoms with Crippen LogP contribution in [0.3, 0.4) is 0 Å². The third kappa shape index (κ3) is 3.88. The van der Waals surface area contributed by atoms with Crippen LogP contribution in [0.1, 0.15) is 92.9 Å². The van der Waals surface area contributed by atoms with E-state index in [0.717, 1.165) is 44.1 Å². The summed E-state index contributed by atoms with van der Waals surface area (Å²) in [5.74, 6) is 2.00. The SMILES string of the molecule is CC[C@@H](C(C)C)C(O)C(O)[C@@H](C)[C@H]1CC[C@H]2[C@@H]3C(=O)C=C4CC(=O)CC[C@]4(C)[C@H]3CC[C@]12C. The molecule has 0 bridgehead atoms. The van der Waals surface area contributed by atoms with Crippen LogP contribution >= 0.6 is 0 Å². The second-order valence-electron chi connectivity index (χ2n) is 12.8. The van der Waals surface area contributed by atoms with Gasteiger partial charge in [-0.15, -0.1) is 0 Å². The standard InChI is InChI=1S/C29H46O4/c1-7-20(16(2)3)27(33)26(32)17(4)21-8-9-22-25-23(11-13-29(21,22)6)28(5)12-10-19(30)14-18(28)15-24(25)31/h15-17,20-23,25-27,32-33H,7-14H2,1-6H3/t17-,20-,21+,22-,23-,25-,26?,27?,28-,29+/m0/s1. The van der Waals surface area contributed by atoms with Gasteiger partial charge in [-0.1, -0.05) is 53.5 Å². The van der Waals surface area contributed by atoms with Crippen LogP contribution in [0.5, 0.6) is 0 Å². The molecule has 3 fully saturated rings. The molecular formula is C29H46O4. The van der Waals surface area contributed by atoms with Crippen molar-refractivity contribution in [3.05, 3.63) is 11.6 Å². The van der Waals surface area contributed by atoms with Gasteiger partial charge in [0.1, 0.15) is 5.78 Å². The van der Waals surface area contributed by atoms with Crippen molar-refractivity contribution in [3.63, 3.8) is 0 Å². The highest BCUT2D eigenvalue weighted by Crippen LogP contribution is 2.66. The van der Waals surface area contributed by atoms with Crippen LogP contribution in [0.4, 0.5) is 0 Å². The number of aliphatic hydroxyl groups excluding tert-OH is 2. The number of allylic oxidation sites excluding steroid dienone is 2. The molecule has 0 amide bonds. The Balaban J connectivity index is 1.58. The van der Waals surface area contributed by atoms with Crippen molar-refractivity contribution >= 4 is 11.6 Å². The highest BCUT2D eigenvalue weighted by molar-refractivity contribution is 5.96. The van der Waals surface area contributed by atoms with Gasteiger partial charge in [0.05, 0.1) is 12.2 Å². The lowest BCUT2D eigenvalue weighted by Crippen LogP contribution is -2.54. The summed E-state index contributed by atoms with van der Waals surface area (Å²) in [7, 11) is 0. The topological polar surface area (TPSA) is 74.6 Å². The van der Waals surface area contributed by atoms with Gasteiger partial charge in [-0.2, -0.15) is 0 Å².